The van der Waals surface area contributed by atoms with E-state index in [4.69, 9.17) is 4.74 Å². The first-order valence-corrected chi connectivity index (χ1v) is 9.50. The van der Waals surface area contributed by atoms with Crippen molar-refractivity contribution in [2.24, 2.45) is 5.92 Å². The van der Waals surface area contributed by atoms with E-state index in [0.717, 1.165) is 45.1 Å². The van der Waals surface area contributed by atoms with Crippen LogP contribution in [-0.4, -0.2) is 41.5 Å². The van der Waals surface area contributed by atoms with Crippen LogP contribution in [0.25, 0.3) is 0 Å². The monoisotopic (exact) mass is 299 g/mol. The molecule has 4 aliphatic heterocycles. The van der Waals surface area contributed by atoms with Gasteiger partial charge in [-0.05, 0) is 68.8 Å². The van der Waals surface area contributed by atoms with Crippen molar-refractivity contribution in [3.8, 4) is 0 Å². The Kier molecular flexibility index (Phi) is 3.55. The quantitative estimate of drug-likeness (QED) is 0.803. The number of hydrogen-bond donors (Lipinski definition) is 1. The summed E-state index contributed by atoms with van der Waals surface area (Å²) in [5.41, 5.74) is -0.893. The molecule has 3 unspecified atom stereocenters. The molecular weight excluding hydrogens is 273 g/mol. The SMILES string of the molecule is FC1(C2CCOC3(CCSCC3)C2)CC2CCC(C1)N2. The fraction of sp³-hybridized carbons (Fsp3) is 1.00. The van der Waals surface area contributed by atoms with Crippen LogP contribution in [0.5, 0.6) is 0 Å². The largest absolute Gasteiger partial charge is 0.375 e. The van der Waals surface area contributed by atoms with Gasteiger partial charge in [-0.2, -0.15) is 11.8 Å². The molecule has 0 aromatic heterocycles. The van der Waals surface area contributed by atoms with E-state index in [1.165, 1.54) is 24.3 Å². The Balaban J connectivity index is 1.50. The molecule has 2 nitrogen and oxygen atoms in total. The van der Waals surface area contributed by atoms with E-state index < -0.39 is 5.67 Å². The Morgan fingerprint density at radius 2 is 1.70 bits per heavy atom. The highest BCUT2D eigenvalue weighted by Crippen LogP contribution is 2.49. The highest BCUT2D eigenvalue weighted by molar-refractivity contribution is 7.99. The second kappa shape index (κ2) is 5.13. The minimum atomic E-state index is -0.918. The van der Waals surface area contributed by atoms with Crippen LogP contribution >= 0.6 is 11.8 Å². The molecule has 1 spiro atoms. The zero-order valence-corrected chi connectivity index (χ0v) is 13.0. The van der Waals surface area contributed by atoms with E-state index >= 15 is 4.39 Å². The maximum absolute atomic E-state index is 15.6. The molecule has 0 aromatic carbocycles. The summed E-state index contributed by atoms with van der Waals surface area (Å²) in [5.74, 6) is 2.63. The number of nitrogens with one attached hydrogen (secondary N) is 1. The van der Waals surface area contributed by atoms with Crippen molar-refractivity contribution in [3.63, 3.8) is 0 Å². The smallest absolute Gasteiger partial charge is 0.117 e. The normalized spacial score (nSPS) is 47.5. The third-order valence-corrected chi connectivity index (χ3v) is 7.12. The van der Waals surface area contributed by atoms with Crippen molar-refractivity contribution in [1.82, 2.24) is 5.32 Å². The van der Waals surface area contributed by atoms with E-state index in [-0.39, 0.29) is 11.5 Å². The minimum absolute atomic E-state index is 0.0250. The number of rotatable bonds is 1. The maximum atomic E-state index is 15.6. The van der Waals surface area contributed by atoms with E-state index in [0.29, 0.717) is 12.1 Å². The summed E-state index contributed by atoms with van der Waals surface area (Å²) in [6.07, 6.45) is 8.04. The predicted octanol–water partition coefficient (Wildman–Crippen LogP) is 3.30. The van der Waals surface area contributed by atoms with Crippen molar-refractivity contribution >= 4 is 11.8 Å². The molecule has 1 N–H and O–H groups in total. The third-order valence-electron chi connectivity index (χ3n) is 6.14. The van der Waals surface area contributed by atoms with Crippen LogP contribution in [0, 0.1) is 5.92 Å². The van der Waals surface area contributed by atoms with Gasteiger partial charge in [-0.25, -0.2) is 4.39 Å². The fourth-order valence-electron chi connectivity index (χ4n) is 5.02. The predicted molar refractivity (Wildman–Crippen MR) is 81.0 cm³/mol. The lowest BCUT2D eigenvalue weighted by atomic mass is 9.70. The first-order valence-electron chi connectivity index (χ1n) is 8.34. The molecule has 0 saturated carbocycles. The molecule has 20 heavy (non-hydrogen) atoms. The molecule has 0 aliphatic carbocycles. The van der Waals surface area contributed by atoms with Crippen LogP contribution in [0.1, 0.15) is 51.4 Å². The molecule has 114 valence electrons. The zero-order valence-electron chi connectivity index (χ0n) is 12.2. The van der Waals surface area contributed by atoms with E-state index in [1.807, 2.05) is 11.8 Å². The number of fused-ring (bicyclic) bond motifs is 2. The molecule has 4 heterocycles. The summed E-state index contributed by atoms with van der Waals surface area (Å²) in [6.45, 7) is 0.782. The van der Waals surface area contributed by atoms with Gasteiger partial charge in [-0.1, -0.05) is 0 Å². The number of piperidine rings is 1. The molecule has 3 atom stereocenters. The van der Waals surface area contributed by atoms with Crippen molar-refractivity contribution < 1.29 is 9.13 Å². The summed E-state index contributed by atoms with van der Waals surface area (Å²) < 4.78 is 21.8. The first kappa shape index (κ1) is 13.8. The van der Waals surface area contributed by atoms with Crippen LogP contribution in [0.3, 0.4) is 0 Å². The van der Waals surface area contributed by atoms with Gasteiger partial charge in [-0.3, -0.25) is 0 Å². The lowest BCUT2D eigenvalue weighted by molar-refractivity contribution is -0.135. The molecule has 4 rings (SSSR count). The lowest BCUT2D eigenvalue weighted by Crippen LogP contribution is -2.54. The van der Waals surface area contributed by atoms with E-state index in [9.17, 15) is 0 Å². The first-order chi connectivity index (χ1) is 9.68. The van der Waals surface area contributed by atoms with Gasteiger partial charge in [-0.15, -0.1) is 0 Å². The molecular formula is C16H26FNOS. The van der Waals surface area contributed by atoms with E-state index in [2.05, 4.69) is 5.32 Å². The summed E-state index contributed by atoms with van der Waals surface area (Å²) in [7, 11) is 0. The van der Waals surface area contributed by atoms with Gasteiger partial charge < -0.3 is 10.1 Å². The van der Waals surface area contributed by atoms with Crippen molar-refractivity contribution in [3.05, 3.63) is 0 Å². The summed E-state index contributed by atoms with van der Waals surface area (Å²) in [4.78, 5) is 0. The van der Waals surface area contributed by atoms with Gasteiger partial charge >= 0.3 is 0 Å². The van der Waals surface area contributed by atoms with Gasteiger partial charge in [0.05, 0.1) is 5.60 Å². The standard InChI is InChI=1S/C16H26FNOS/c17-16(10-13-1-2-14(11-16)18-13)12-3-6-19-15(9-12)4-7-20-8-5-15/h12-14,18H,1-11H2. The minimum Gasteiger partial charge on any atom is -0.375 e. The number of ether oxygens (including phenoxy) is 1. The van der Waals surface area contributed by atoms with Crippen LogP contribution < -0.4 is 5.32 Å². The van der Waals surface area contributed by atoms with E-state index in [1.54, 1.807) is 0 Å². The number of thioether (sulfide) groups is 1. The van der Waals surface area contributed by atoms with Crippen molar-refractivity contribution in [2.45, 2.75) is 74.7 Å². The molecule has 4 fully saturated rings. The van der Waals surface area contributed by atoms with Gasteiger partial charge in [0.15, 0.2) is 0 Å². The lowest BCUT2D eigenvalue weighted by Gasteiger charge is -2.49. The van der Waals surface area contributed by atoms with Gasteiger partial charge in [0.1, 0.15) is 5.67 Å². The van der Waals surface area contributed by atoms with Crippen molar-refractivity contribution in [2.75, 3.05) is 18.1 Å². The Labute approximate surface area is 125 Å². The second-order valence-corrected chi connectivity index (χ2v) is 8.64. The molecule has 2 bridgehead atoms. The molecule has 0 amide bonds. The highest BCUT2D eigenvalue weighted by Gasteiger charge is 2.52. The zero-order chi connectivity index (χ0) is 13.6. The highest BCUT2D eigenvalue weighted by atomic mass is 32.2. The topological polar surface area (TPSA) is 21.3 Å². The molecule has 4 heteroatoms. The summed E-state index contributed by atoms with van der Waals surface area (Å²) in [6, 6.07) is 0.888. The Morgan fingerprint density at radius 3 is 2.40 bits per heavy atom. The van der Waals surface area contributed by atoms with Gasteiger partial charge in [0.25, 0.3) is 0 Å². The van der Waals surface area contributed by atoms with Crippen LogP contribution in [0.15, 0.2) is 0 Å². The molecule has 0 aromatic rings. The van der Waals surface area contributed by atoms with Crippen LogP contribution in [0.4, 0.5) is 4.39 Å². The Morgan fingerprint density at radius 1 is 1.00 bits per heavy atom. The molecule has 0 radical (unpaired) electrons. The van der Waals surface area contributed by atoms with Gasteiger partial charge in [0, 0.05) is 18.7 Å². The Hall–Kier alpha value is 0.200. The van der Waals surface area contributed by atoms with Crippen molar-refractivity contribution in [1.29, 1.82) is 0 Å². The summed E-state index contributed by atoms with van der Waals surface area (Å²) >= 11 is 2.03. The average molecular weight is 299 g/mol. The molecule has 4 aliphatic rings. The van der Waals surface area contributed by atoms with Crippen LogP contribution in [0.2, 0.25) is 0 Å². The van der Waals surface area contributed by atoms with Crippen LogP contribution in [-0.2, 0) is 4.74 Å². The number of halogens is 1. The molecule has 4 saturated heterocycles. The Bertz CT molecular complexity index is 354. The summed E-state index contributed by atoms with van der Waals surface area (Å²) in [5, 5.41) is 3.58. The average Bonchev–Trinajstić information content (AvgIpc) is 2.79. The number of alkyl halides is 1. The number of hydrogen-bond acceptors (Lipinski definition) is 3. The maximum Gasteiger partial charge on any atom is 0.117 e. The fourth-order valence-corrected chi connectivity index (χ4v) is 6.26. The third kappa shape index (κ3) is 2.42. The second-order valence-electron chi connectivity index (χ2n) is 7.41. The van der Waals surface area contributed by atoms with Gasteiger partial charge in [0.2, 0.25) is 0 Å².